The van der Waals surface area contributed by atoms with Crippen LogP contribution in [0.5, 0.6) is 0 Å². The Morgan fingerprint density at radius 3 is 3.15 bits per heavy atom. The highest BCUT2D eigenvalue weighted by Gasteiger charge is 2.21. The predicted octanol–water partition coefficient (Wildman–Crippen LogP) is 4.43. The molecule has 3 aromatic rings. The van der Waals surface area contributed by atoms with E-state index in [1.165, 1.54) is 12.1 Å². The van der Waals surface area contributed by atoms with Crippen LogP contribution < -0.4 is 5.31 Å². The van der Waals surface area contributed by atoms with Crippen molar-refractivity contribution in [1.82, 2.24) is 14.9 Å². The summed E-state index contributed by atoms with van der Waals surface area (Å²) in [5, 5.41) is 10.2. The molecule has 1 aliphatic rings. The van der Waals surface area contributed by atoms with Crippen molar-refractivity contribution in [1.29, 1.82) is 5.26 Å². The average molecular weight is 408 g/mol. The van der Waals surface area contributed by atoms with Gasteiger partial charge in [-0.2, -0.15) is 5.26 Å². The lowest BCUT2D eigenvalue weighted by molar-refractivity contribution is 0.211. The number of aromatic nitrogens is 2. The molecule has 0 amide bonds. The molecule has 1 unspecified atom stereocenters. The predicted molar refractivity (Wildman–Crippen MR) is 105 cm³/mol. The normalized spacial score (nSPS) is 21.2. The van der Waals surface area contributed by atoms with Crippen LogP contribution >= 0.6 is 22.9 Å². The van der Waals surface area contributed by atoms with Crippen LogP contribution in [0.2, 0.25) is 5.75 Å². The molecule has 2 aromatic heterocycles. The maximum atomic E-state index is 13.8. The minimum atomic E-state index is -1.44. The zero-order chi connectivity index (χ0) is 24.1. The van der Waals surface area contributed by atoms with Crippen LogP contribution in [0.25, 0.3) is 10.2 Å². The molecule has 3 heterocycles. The van der Waals surface area contributed by atoms with Gasteiger partial charge in [-0.15, -0.1) is 11.3 Å². The Kier molecular flexibility index (Phi) is 3.52. The van der Waals surface area contributed by atoms with Gasteiger partial charge >= 0.3 is 0 Å². The van der Waals surface area contributed by atoms with Crippen molar-refractivity contribution >= 4 is 39.0 Å². The highest BCUT2D eigenvalue weighted by Crippen LogP contribution is 2.32. The number of nitrogens with zero attached hydrogens (tertiary/aromatic N) is 4. The molecule has 1 atom stereocenters. The third-order valence-corrected chi connectivity index (χ3v) is 5.25. The monoisotopic (exact) mass is 407 g/mol. The number of halogens is 2. The van der Waals surface area contributed by atoms with Crippen LogP contribution in [-0.2, 0) is 6.52 Å². The van der Waals surface area contributed by atoms with Gasteiger partial charge in [0.05, 0.1) is 19.4 Å². The number of hydrogen-bond donors (Lipinski definition) is 1. The lowest BCUT2D eigenvalue weighted by Gasteiger charge is -2.32. The maximum Gasteiger partial charge on any atom is 0.162 e. The lowest BCUT2D eigenvalue weighted by atomic mass is 10.0. The number of piperidine rings is 1. The van der Waals surface area contributed by atoms with Gasteiger partial charge in [0.15, 0.2) is 1.41 Å². The molecule has 138 valence electrons. The number of nitriles is 1. The number of likely N-dealkylation sites (tertiary alicyclic amines) is 1. The largest absolute Gasteiger partial charge is 0.367 e. The maximum absolute atomic E-state index is 13.8. The van der Waals surface area contributed by atoms with Crippen LogP contribution in [0.1, 0.15) is 30.8 Å². The first-order valence-corrected chi connectivity index (χ1v) is 9.34. The number of rotatable bonds is 4. The molecule has 1 aromatic carbocycles. The fraction of sp³-hybridized carbons (Fsp3) is 0.316. The van der Waals surface area contributed by atoms with Crippen molar-refractivity contribution < 1.29 is 12.7 Å². The number of benzene rings is 1. The van der Waals surface area contributed by atoms with Crippen molar-refractivity contribution in [3.8, 4) is 6.07 Å². The van der Waals surface area contributed by atoms with Gasteiger partial charge in [0, 0.05) is 27.0 Å². The van der Waals surface area contributed by atoms with Gasteiger partial charge < -0.3 is 5.31 Å². The second kappa shape index (κ2) is 7.77. The van der Waals surface area contributed by atoms with Crippen LogP contribution in [0.15, 0.2) is 30.5 Å². The summed E-state index contributed by atoms with van der Waals surface area (Å²) in [4.78, 5) is 9.99. The summed E-state index contributed by atoms with van der Waals surface area (Å²) in [5.41, 5.74) is 0.0137. The van der Waals surface area contributed by atoms with Gasteiger partial charge in [-0.1, -0.05) is 17.7 Å². The van der Waals surface area contributed by atoms with Crippen molar-refractivity contribution in [2.75, 3.05) is 18.4 Å². The second-order valence-electron chi connectivity index (χ2n) is 5.94. The Labute approximate surface area is 173 Å². The summed E-state index contributed by atoms with van der Waals surface area (Å²) in [6, 6.07) is 2.23. The Hall–Kier alpha value is -2.27. The SMILES string of the molecule is [2H]c1nc(N([2H])C2([2H])CCN(C([2H])c3cc([2H])c(F)c(C#N)c3)CC2)c2c([2H])c(Cl)sc2n1. The van der Waals surface area contributed by atoms with Gasteiger partial charge in [0.1, 0.15) is 30.2 Å². The molecular weight excluding hydrogens is 385 g/mol. The van der Waals surface area contributed by atoms with E-state index in [0.29, 0.717) is 10.4 Å². The molecule has 0 saturated carbocycles. The number of nitrogens with one attached hydrogen (secondary N) is 1. The first-order chi connectivity index (χ1) is 15.6. The topological polar surface area (TPSA) is 64.8 Å². The van der Waals surface area contributed by atoms with Crippen LogP contribution in [0, 0.1) is 17.1 Å². The van der Waals surface area contributed by atoms with Gasteiger partial charge in [0.25, 0.3) is 0 Å². The van der Waals surface area contributed by atoms with E-state index in [4.69, 9.17) is 25.1 Å². The van der Waals surface area contributed by atoms with Gasteiger partial charge in [0.2, 0.25) is 0 Å². The molecular formula is C19H17ClFN5S. The number of fused-ring (bicyclic) bond motifs is 1. The number of thiophene rings is 1. The van der Waals surface area contributed by atoms with Crippen molar-refractivity contribution in [3.05, 3.63) is 51.8 Å². The molecule has 4 rings (SSSR count). The lowest BCUT2D eigenvalue weighted by Crippen LogP contribution is -2.38. The smallest absolute Gasteiger partial charge is 0.162 e. The molecule has 1 fully saturated rings. The molecule has 5 nitrogen and oxygen atoms in total. The van der Waals surface area contributed by atoms with E-state index < -0.39 is 24.4 Å². The third-order valence-electron chi connectivity index (χ3n) is 4.16. The second-order valence-corrected chi connectivity index (χ2v) is 7.54. The summed E-state index contributed by atoms with van der Waals surface area (Å²) in [6.45, 7) is -0.467. The molecule has 8 heteroatoms. The highest BCUT2D eigenvalue weighted by atomic mass is 35.5. The van der Waals surface area contributed by atoms with E-state index >= 15 is 0 Å². The van der Waals surface area contributed by atoms with Crippen LogP contribution in [-0.4, -0.2) is 34.0 Å². The summed E-state index contributed by atoms with van der Waals surface area (Å²) < 4.78 is 63.7. The van der Waals surface area contributed by atoms with Gasteiger partial charge in [-0.3, -0.25) is 4.90 Å². The molecule has 1 aliphatic heterocycles. The van der Waals surface area contributed by atoms with E-state index in [1.54, 1.807) is 11.0 Å². The van der Waals surface area contributed by atoms with Crippen molar-refractivity contribution in [2.45, 2.75) is 25.4 Å². The fourth-order valence-corrected chi connectivity index (χ4v) is 3.80. The van der Waals surface area contributed by atoms with Crippen molar-refractivity contribution in [2.24, 2.45) is 0 Å². The van der Waals surface area contributed by atoms with Gasteiger partial charge in [-0.05, 0) is 36.6 Å². The van der Waals surface area contributed by atoms with Crippen LogP contribution in [0.3, 0.4) is 0 Å². The van der Waals surface area contributed by atoms with Crippen LogP contribution in [0.4, 0.5) is 10.2 Å². The molecule has 0 spiro atoms. The number of hydrogen-bond acceptors (Lipinski definition) is 6. The quantitative estimate of drug-likeness (QED) is 0.692. The van der Waals surface area contributed by atoms with E-state index in [-0.39, 0.29) is 59.4 Å². The van der Waals surface area contributed by atoms with Gasteiger partial charge in [-0.25, -0.2) is 14.4 Å². The van der Waals surface area contributed by atoms with E-state index in [2.05, 4.69) is 9.97 Å². The first kappa shape index (κ1) is 12.2. The Morgan fingerprint density at radius 1 is 1.56 bits per heavy atom. The molecule has 0 radical (unpaired) electrons. The summed E-state index contributed by atoms with van der Waals surface area (Å²) >= 11 is 7.06. The average Bonchev–Trinajstić information content (AvgIpc) is 3.07. The zero-order valence-corrected chi connectivity index (χ0v) is 15.5. The third kappa shape index (κ3) is 4.03. The minimum Gasteiger partial charge on any atom is -0.367 e. The van der Waals surface area contributed by atoms with E-state index in [0.717, 1.165) is 16.6 Å². The number of anilines is 1. The molecule has 1 saturated heterocycles. The Balaban J connectivity index is 1.57. The van der Waals surface area contributed by atoms with E-state index in [1.807, 2.05) is 0 Å². The highest BCUT2D eigenvalue weighted by molar-refractivity contribution is 7.22. The zero-order valence-electron chi connectivity index (χ0n) is 20.0. The molecule has 0 bridgehead atoms. The summed E-state index contributed by atoms with van der Waals surface area (Å²) in [6.07, 6.45) is -0.0398. The summed E-state index contributed by atoms with van der Waals surface area (Å²) in [7, 11) is 0. The molecule has 1 N–H and O–H groups in total. The molecule has 0 aliphatic carbocycles. The standard InChI is InChI=1S/C19H17ClFN5S/c20-17-8-15-18(23-11-24-19(15)27-17)25-14-3-5-26(6-4-14)10-12-1-2-16(21)13(7-12)9-22/h1-2,7-8,11,14H,3-6,10H2,(H,23,24,25)/i2D,8D,10D,11D,14D/hD. The summed E-state index contributed by atoms with van der Waals surface area (Å²) in [5.74, 6) is -0.950. The van der Waals surface area contributed by atoms with E-state index in [9.17, 15) is 4.39 Å². The van der Waals surface area contributed by atoms with Crippen molar-refractivity contribution in [3.63, 3.8) is 0 Å². The first-order valence-electron chi connectivity index (χ1n) is 11.2. The Bertz CT molecular complexity index is 1280. The molecule has 27 heavy (non-hydrogen) atoms. The minimum absolute atomic E-state index is 0.0277. The Morgan fingerprint density at radius 2 is 2.37 bits per heavy atom. The fourth-order valence-electron chi connectivity index (χ4n) is 2.83.